The van der Waals surface area contributed by atoms with Crippen LogP contribution in [0.1, 0.15) is 15.9 Å². The highest BCUT2D eigenvalue weighted by Gasteiger charge is 2.15. The highest BCUT2D eigenvalue weighted by Crippen LogP contribution is 2.23. The molecule has 0 aliphatic heterocycles. The first-order valence-electron chi connectivity index (χ1n) is 5.81. The molecule has 0 saturated heterocycles. The lowest BCUT2D eigenvalue weighted by Gasteiger charge is -2.10. The summed E-state index contributed by atoms with van der Waals surface area (Å²) in [5.74, 6) is -1.45. The lowest BCUT2D eigenvalue weighted by atomic mass is 10.2. The number of nitrogens with one attached hydrogen (secondary N) is 1. The Morgan fingerprint density at radius 1 is 1.40 bits per heavy atom. The summed E-state index contributed by atoms with van der Waals surface area (Å²) >= 11 is 0. The van der Waals surface area contributed by atoms with Crippen molar-refractivity contribution in [2.75, 3.05) is 12.4 Å². The Balaban J connectivity index is 2.30. The molecule has 0 bridgehead atoms. The molecule has 0 aliphatic carbocycles. The normalized spacial score (nSPS) is 10.2. The second-order valence-electron chi connectivity index (χ2n) is 4.19. The van der Waals surface area contributed by atoms with E-state index in [2.05, 4.69) is 10.3 Å². The molecule has 0 atom stereocenters. The number of hydrogen-bond donors (Lipinski definition) is 2. The van der Waals surface area contributed by atoms with E-state index in [1.54, 1.807) is 12.3 Å². The molecule has 1 aromatic heterocycles. The van der Waals surface area contributed by atoms with Crippen LogP contribution in [0, 0.1) is 12.7 Å². The maximum atomic E-state index is 13.6. The molecule has 0 spiro atoms. The van der Waals surface area contributed by atoms with Crippen molar-refractivity contribution in [2.45, 2.75) is 6.92 Å². The number of halogens is 1. The monoisotopic (exact) mass is 276 g/mol. The largest absolute Gasteiger partial charge is 0.508 e. The molecular formula is C14H13FN2O3. The van der Waals surface area contributed by atoms with Crippen molar-refractivity contribution in [1.82, 2.24) is 4.98 Å². The molecule has 0 fully saturated rings. The third kappa shape index (κ3) is 2.85. The summed E-state index contributed by atoms with van der Waals surface area (Å²) in [7, 11) is 1.43. The number of aromatic hydroxyl groups is 1. The quantitative estimate of drug-likeness (QED) is 0.903. The number of carbonyl (C=O) groups is 1. The first-order chi connectivity index (χ1) is 9.51. The van der Waals surface area contributed by atoms with Crippen molar-refractivity contribution in [2.24, 2.45) is 0 Å². The van der Waals surface area contributed by atoms with Crippen LogP contribution in [0.2, 0.25) is 0 Å². The summed E-state index contributed by atoms with van der Waals surface area (Å²) in [6.45, 7) is 1.81. The third-order valence-electron chi connectivity index (χ3n) is 2.63. The van der Waals surface area contributed by atoms with Crippen molar-refractivity contribution in [3.8, 4) is 11.6 Å². The molecule has 0 unspecified atom stereocenters. The summed E-state index contributed by atoms with van der Waals surface area (Å²) in [4.78, 5) is 16.0. The van der Waals surface area contributed by atoms with Crippen LogP contribution in [0.15, 0.2) is 30.5 Å². The number of aryl methyl sites for hydroxylation is 1. The van der Waals surface area contributed by atoms with Gasteiger partial charge in [0.1, 0.15) is 17.3 Å². The van der Waals surface area contributed by atoms with E-state index in [0.29, 0.717) is 5.69 Å². The number of phenols is 1. The molecule has 1 heterocycles. The average molecular weight is 276 g/mol. The number of phenolic OH excluding ortho intramolecular Hbond substituents is 1. The lowest BCUT2D eigenvalue weighted by Crippen LogP contribution is -2.14. The van der Waals surface area contributed by atoms with Crippen LogP contribution in [0.3, 0.4) is 0 Å². The van der Waals surface area contributed by atoms with Crippen LogP contribution in [-0.2, 0) is 0 Å². The Bertz CT molecular complexity index is 659. The zero-order valence-corrected chi connectivity index (χ0v) is 11.0. The molecule has 104 valence electrons. The van der Waals surface area contributed by atoms with E-state index in [0.717, 1.165) is 11.6 Å². The SMILES string of the molecule is COc1ncc(C)cc1NC(=O)c1ccc(O)cc1F. The Kier molecular flexibility index (Phi) is 3.84. The van der Waals surface area contributed by atoms with Gasteiger partial charge in [-0.1, -0.05) is 0 Å². The van der Waals surface area contributed by atoms with Gasteiger partial charge in [-0.2, -0.15) is 0 Å². The number of aromatic nitrogens is 1. The van der Waals surface area contributed by atoms with Gasteiger partial charge in [-0.3, -0.25) is 4.79 Å². The first kappa shape index (κ1) is 13.8. The molecule has 1 amide bonds. The van der Waals surface area contributed by atoms with Gasteiger partial charge in [0, 0.05) is 12.3 Å². The molecule has 0 saturated carbocycles. The summed E-state index contributed by atoms with van der Waals surface area (Å²) in [5.41, 5.74) is 1.00. The number of ether oxygens (including phenoxy) is 1. The minimum atomic E-state index is -0.804. The number of carbonyl (C=O) groups excluding carboxylic acids is 1. The summed E-state index contributed by atoms with van der Waals surface area (Å²) < 4.78 is 18.6. The third-order valence-corrected chi connectivity index (χ3v) is 2.63. The van der Waals surface area contributed by atoms with Gasteiger partial charge in [-0.15, -0.1) is 0 Å². The highest BCUT2D eigenvalue weighted by atomic mass is 19.1. The number of benzene rings is 1. The topological polar surface area (TPSA) is 71.5 Å². The molecule has 1 aromatic carbocycles. The number of methoxy groups -OCH3 is 1. The van der Waals surface area contributed by atoms with Crippen LogP contribution in [0.4, 0.5) is 10.1 Å². The second-order valence-corrected chi connectivity index (χ2v) is 4.19. The molecule has 5 nitrogen and oxygen atoms in total. The molecule has 20 heavy (non-hydrogen) atoms. The van der Waals surface area contributed by atoms with Gasteiger partial charge in [-0.05, 0) is 30.7 Å². The number of pyridine rings is 1. The van der Waals surface area contributed by atoms with E-state index in [4.69, 9.17) is 9.84 Å². The maximum absolute atomic E-state index is 13.6. The van der Waals surface area contributed by atoms with E-state index in [9.17, 15) is 9.18 Å². The molecule has 2 aromatic rings. The number of anilines is 1. The van der Waals surface area contributed by atoms with Crippen LogP contribution in [-0.4, -0.2) is 23.1 Å². The number of rotatable bonds is 3. The van der Waals surface area contributed by atoms with Gasteiger partial charge in [0.2, 0.25) is 5.88 Å². The van der Waals surface area contributed by atoms with E-state index in [1.165, 1.54) is 19.2 Å². The maximum Gasteiger partial charge on any atom is 0.258 e. The predicted molar refractivity (Wildman–Crippen MR) is 71.5 cm³/mol. The van der Waals surface area contributed by atoms with Crippen molar-refractivity contribution in [3.05, 3.63) is 47.4 Å². The highest BCUT2D eigenvalue weighted by molar-refractivity contribution is 6.05. The second kappa shape index (κ2) is 5.56. The van der Waals surface area contributed by atoms with E-state index in [-0.39, 0.29) is 17.2 Å². The fourth-order valence-corrected chi connectivity index (χ4v) is 1.69. The number of nitrogens with zero attached hydrogens (tertiary/aromatic N) is 1. The number of amides is 1. The van der Waals surface area contributed by atoms with Crippen molar-refractivity contribution >= 4 is 11.6 Å². The van der Waals surface area contributed by atoms with Gasteiger partial charge in [0.25, 0.3) is 5.91 Å². The molecule has 2 rings (SSSR count). The Morgan fingerprint density at radius 2 is 2.15 bits per heavy atom. The zero-order valence-electron chi connectivity index (χ0n) is 11.0. The van der Waals surface area contributed by atoms with Crippen molar-refractivity contribution < 1.29 is 19.0 Å². The molecule has 0 radical (unpaired) electrons. The van der Waals surface area contributed by atoms with E-state index >= 15 is 0 Å². The van der Waals surface area contributed by atoms with Gasteiger partial charge in [0.05, 0.1) is 12.7 Å². The summed E-state index contributed by atoms with van der Waals surface area (Å²) in [6, 6.07) is 4.99. The van der Waals surface area contributed by atoms with Crippen LogP contribution < -0.4 is 10.1 Å². The van der Waals surface area contributed by atoms with Crippen LogP contribution in [0.25, 0.3) is 0 Å². The van der Waals surface area contributed by atoms with Gasteiger partial charge < -0.3 is 15.2 Å². The Hall–Kier alpha value is -2.63. The van der Waals surface area contributed by atoms with Crippen LogP contribution in [0.5, 0.6) is 11.6 Å². The van der Waals surface area contributed by atoms with Gasteiger partial charge >= 0.3 is 0 Å². The first-order valence-corrected chi connectivity index (χ1v) is 5.81. The standard InChI is InChI=1S/C14H13FN2O3/c1-8-5-12(14(20-2)16-7-8)17-13(19)10-4-3-9(18)6-11(10)15/h3-7,18H,1-2H3,(H,17,19). The smallest absolute Gasteiger partial charge is 0.258 e. The minimum absolute atomic E-state index is 0.175. The Labute approximate surface area is 115 Å². The lowest BCUT2D eigenvalue weighted by molar-refractivity contribution is 0.102. The number of hydrogen-bond acceptors (Lipinski definition) is 4. The van der Waals surface area contributed by atoms with Gasteiger partial charge in [0.15, 0.2) is 0 Å². The Morgan fingerprint density at radius 3 is 2.80 bits per heavy atom. The fourth-order valence-electron chi connectivity index (χ4n) is 1.69. The van der Waals surface area contributed by atoms with E-state index in [1.807, 2.05) is 6.92 Å². The fraction of sp³-hybridized carbons (Fsp3) is 0.143. The van der Waals surface area contributed by atoms with E-state index < -0.39 is 11.7 Å². The summed E-state index contributed by atoms with van der Waals surface area (Å²) in [5, 5.41) is 11.7. The minimum Gasteiger partial charge on any atom is -0.508 e. The summed E-state index contributed by atoms with van der Waals surface area (Å²) in [6.07, 6.45) is 1.59. The predicted octanol–water partition coefficient (Wildman–Crippen LogP) is 2.50. The molecule has 2 N–H and O–H groups in total. The zero-order chi connectivity index (χ0) is 14.7. The molecule has 6 heteroatoms. The molecular weight excluding hydrogens is 263 g/mol. The van der Waals surface area contributed by atoms with Crippen molar-refractivity contribution in [3.63, 3.8) is 0 Å². The molecule has 0 aliphatic rings. The van der Waals surface area contributed by atoms with Crippen LogP contribution >= 0.6 is 0 Å². The van der Waals surface area contributed by atoms with Gasteiger partial charge in [-0.25, -0.2) is 9.37 Å². The van der Waals surface area contributed by atoms with Crippen molar-refractivity contribution in [1.29, 1.82) is 0 Å². The average Bonchev–Trinajstić information content (AvgIpc) is 2.38.